The van der Waals surface area contributed by atoms with Crippen molar-refractivity contribution in [2.24, 2.45) is 0 Å². The second-order valence-electron chi connectivity index (χ2n) is 2.90. The van der Waals surface area contributed by atoms with Crippen molar-refractivity contribution in [1.82, 2.24) is 9.97 Å². The molecule has 1 N–H and O–H groups in total. The fourth-order valence-electron chi connectivity index (χ4n) is 0.851. The highest BCUT2D eigenvalue weighted by atomic mass is 19.4. The fraction of sp³-hybridized carbons (Fsp3) is 0.375. The molecule has 15 heavy (non-hydrogen) atoms. The monoisotopic (exact) mass is 220 g/mol. The molecule has 0 bridgehead atoms. The summed E-state index contributed by atoms with van der Waals surface area (Å²) in [5.74, 6) is -3.34. The molecule has 0 aliphatic heterocycles. The highest BCUT2D eigenvalue weighted by Crippen LogP contribution is 2.26. The lowest BCUT2D eigenvalue weighted by molar-refractivity contribution is -0.145. The van der Waals surface area contributed by atoms with Crippen molar-refractivity contribution < 1.29 is 23.1 Å². The molecule has 0 aromatic carbocycles. The molecule has 0 aliphatic carbocycles. The molecular formula is C8H7F3N2O2. The summed E-state index contributed by atoms with van der Waals surface area (Å²) in [5, 5.41) is 8.59. The quantitative estimate of drug-likeness (QED) is 0.823. The van der Waals surface area contributed by atoms with Gasteiger partial charge in [0, 0.05) is 18.0 Å². The van der Waals surface area contributed by atoms with Crippen LogP contribution in [0.15, 0.2) is 12.4 Å². The molecule has 0 amide bonds. The summed E-state index contributed by atoms with van der Waals surface area (Å²) in [6.45, 7) is 1.34. The van der Waals surface area contributed by atoms with Crippen molar-refractivity contribution in [1.29, 1.82) is 0 Å². The number of hydrogen-bond donors (Lipinski definition) is 1. The molecule has 1 aromatic heterocycles. The number of halogens is 3. The van der Waals surface area contributed by atoms with Gasteiger partial charge in [0.1, 0.15) is 0 Å². The Labute approximate surface area is 82.8 Å². The van der Waals surface area contributed by atoms with E-state index in [2.05, 4.69) is 9.97 Å². The van der Waals surface area contributed by atoms with E-state index in [1.165, 1.54) is 6.92 Å². The third-order valence-corrected chi connectivity index (χ3v) is 1.80. The molecule has 0 spiro atoms. The van der Waals surface area contributed by atoms with Gasteiger partial charge < -0.3 is 5.11 Å². The SMILES string of the molecule is CC(C(=O)O)c1cnc(C(F)(F)F)nc1. The lowest BCUT2D eigenvalue weighted by Crippen LogP contribution is -2.13. The lowest BCUT2D eigenvalue weighted by atomic mass is 10.1. The summed E-state index contributed by atoms with van der Waals surface area (Å²) in [6, 6.07) is 0. The molecular weight excluding hydrogens is 213 g/mol. The summed E-state index contributed by atoms with van der Waals surface area (Å²) in [7, 11) is 0. The number of nitrogens with zero attached hydrogens (tertiary/aromatic N) is 2. The van der Waals surface area contributed by atoms with Crippen LogP contribution < -0.4 is 0 Å². The maximum absolute atomic E-state index is 12.0. The van der Waals surface area contributed by atoms with Gasteiger partial charge in [-0.25, -0.2) is 9.97 Å². The van der Waals surface area contributed by atoms with Crippen molar-refractivity contribution in [3.8, 4) is 0 Å². The summed E-state index contributed by atoms with van der Waals surface area (Å²) in [6.07, 6.45) is -2.87. The Hall–Kier alpha value is -1.66. The van der Waals surface area contributed by atoms with E-state index >= 15 is 0 Å². The van der Waals surface area contributed by atoms with E-state index in [1.807, 2.05) is 0 Å². The summed E-state index contributed by atoms with van der Waals surface area (Å²) in [4.78, 5) is 16.6. The molecule has 1 rings (SSSR count). The molecule has 0 fully saturated rings. The summed E-state index contributed by atoms with van der Waals surface area (Å²) >= 11 is 0. The van der Waals surface area contributed by atoms with Crippen molar-refractivity contribution in [2.45, 2.75) is 19.0 Å². The Kier molecular flexibility index (Phi) is 2.92. The molecule has 0 saturated heterocycles. The van der Waals surface area contributed by atoms with E-state index in [0.717, 1.165) is 12.4 Å². The van der Waals surface area contributed by atoms with E-state index in [-0.39, 0.29) is 5.56 Å². The van der Waals surface area contributed by atoms with Crippen LogP contribution in [0.1, 0.15) is 24.2 Å². The van der Waals surface area contributed by atoms with Crippen LogP contribution in [0.3, 0.4) is 0 Å². The average molecular weight is 220 g/mol. The Bertz CT molecular complexity index is 361. The van der Waals surface area contributed by atoms with Crippen molar-refractivity contribution >= 4 is 5.97 Å². The first-order valence-corrected chi connectivity index (χ1v) is 3.94. The van der Waals surface area contributed by atoms with Crippen LogP contribution >= 0.6 is 0 Å². The maximum atomic E-state index is 12.0. The highest BCUT2D eigenvalue weighted by Gasteiger charge is 2.34. The van der Waals surface area contributed by atoms with Crippen LogP contribution in [0.25, 0.3) is 0 Å². The molecule has 0 saturated carbocycles. The molecule has 4 nitrogen and oxygen atoms in total. The number of aliphatic carboxylic acids is 1. The first-order valence-electron chi connectivity index (χ1n) is 3.94. The molecule has 82 valence electrons. The van der Waals surface area contributed by atoms with Gasteiger partial charge in [0.15, 0.2) is 0 Å². The first kappa shape index (κ1) is 11.4. The molecule has 0 radical (unpaired) electrons. The Morgan fingerprint density at radius 3 is 2.20 bits per heavy atom. The van der Waals surface area contributed by atoms with Gasteiger partial charge in [0.2, 0.25) is 5.82 Å². The van der Waals surface area contributed by atoms with Crippen molar-refractivity contribution in [3.63, 3.8) is 0 Å². The van der Waals surface area contributed by atoms with E-state index in [9.17, 15) is 18.0 Å². The van der Waals surface area contributed by atoms with E-state index < -0.39 is 23.9 Å². The number of alkyl halides is 3. The van der Waals surface area contributed by atoms with Crippen LogP contribution in [0.5, 0.6) is 0 Å². The standard InChI is InChI=1S/C8H7F3N2O2/c1-4(6(14)15)5-2-12-7(13-3-5)8(9,10)11/h2-4H,1H3,(H,14,15). The predicted molar refractivity (Wildman–Crippen MR) is 43.1 cm³/mol. The van der Waals surface area contributed by atoms with Gasteiger partial charge in [-0.15, -0.1) is 0 Å². The van der Waals surface area contributed by atoms with E-state index in [1.54, 1.807) is 0 Å². The highest BCUT2D eigenvalue weighted by molar-refractivity contribution is 5.75. The minimum absolute atomic E-state index is 0.135. The van der Waals surface area contributed by atoms with E-state index in [0.29, 0.717) is 0 Å². The topological polar surface area (TPSA) is 63.1 Å². The normalized spacial score (nSPS) is 13.6. The van der Waals surface area contributed by atoms with Gasteiger partial charge in [-0.2, -0.15) is 13.2 Å². The number of aromatic nitrogens is 2. The third-order valence-electron chi connectivity index (χ3n) is 1.80. The molecule has 1 heterocycles. The zero-order chi connectivity index (χ0) is 11.6. The van der Waals surface area contributed by atoms with Crippen LogP contribution in [-0.4, -0.2) is 21.0 Å². The molecule has 0 aliphatic rings. The second-order valence-corrected chi connectivity index (χ2v) is 2.90. The molecule has 1 aromatic rings. The van der Waals surface area contributed by atoms with Gasteiger partial charge in [-0.1, -0.05) is 0 Å². The van der Waals surface area contributed by atoms with Crippen LogP contribution in [0.2, 0.25) is 0 Å². The number of hydrogen-bond acceptors (Lipinski definition) is 3. The number of carbonyl (C=O) groups is 1. The Morgan fingerprint density at radius 1 is 1.40 bits per heavy atom. The van der Waals surface area contributed by atoms with Crippen molar-refractivity contribution in [3.05, 3.63) is 23.8 Å². The second kappa shape index (κ2) is 3.84. The zero-order valence-electron chi connectivity index (χ0n) is 7.62. The molecule has 1 unspecified atom stereocenters. The number of rotatable bonds is 2. The maximum Gasteiger partial charge on any atom is 0.451 e. The first-order chi connectivity index (χ1) is 6.82. The summed E-state index contributed by atoms with van der Waals surface area (Å²) in [5.41, 5.74) is 0.135. The minimum Gasteiger partial charge on any atom is -0.481 e. The van der Waals surface area contributed by atoms with Crippen molar-refractivity contribution in [2.75, 3.05) is 0 Å². The average Bonchev–Trinajstić information content (AvgIpc) is 2.15. The Balaban J connectivity index is 2.95. The smallest absolute Gasteiger partial charge is 0.451 e. The van der Waals surface area contributed by atoms with E-state index in [4.69, 9.17) is 5.11 Å². The van der Waals surface area contributed by atoms with Crippen LogP contribution in [0, 0.1) is 0 Å². The zero-order valence-corrected chi connectivity index (χ0v) is 7.62. The largest absolute Gasteiger partial charge is 0.481 e. The number of carboxylic acid groups (broad SMARTS) is 1. The Morgan fingerprint density at radius 2 is 1.87 bits per heavy atom. The van der Waals surface area contributed by atoms with Crippen LogP contribution in [0.4, 0.5) is 13.2 Å². The predicted octanol–water partition coefficient (Wildman–Crippen LogP) is 1.68. The molecule has 1 atom stereocenters. The third kappa shape index (κ3) is 2.64. The minimum atomic E-state index is -4.61. The van der Waals surface area contributed by atoms with Gasteiger partial charge in [0.05, 0.1) is 5.92 Å². The fourth-order valence-corrected chi connectivity index (χ4v) is 0.851. The van der Waals surface area contributed by atoms with Crippen LogP contribution in [-0.2, 0) is 11.0 Å². The number of carboxylic acids is 1. The van der Waals surface area contributed by atoms with Gasteiger partial charge in [0.25, 0.3) is 0 Å². The molecule has 7 heteroatoms. The van der Waals surface area contributed by atoms with Gasteiger partial charge >= 0.3 is 12.1 Å². The van der Waals surface area contributed by atoms with Gasteiger partial charge in [-0.05, 0) is 6.92 Å². The summed E-state index contributed by atoms with van der Waals surface area (Å²) < 4.78 is 36.1. The lowest BCUT2D eigenvalue weighted by Gasteiger charge is -2.07. The van der Waals surface area contributed by atoms with Gasteiger partial charge in [-0.3, -0.25) is 4.79 Å².